The quantitative estimate of drug-likeness (QED) is 0.816. The Balaban J connectivity index is 2.37. The molecule has 0 saturated heterocycles. The first kappa shape index (κ1) is 11.8. The van der Waals surface area contributed by atoms with E-state index in [0.29, 0.717) is 11.7 Å². The maximum atomic E-state index is 5.17. The van der Waals surface area contributed by atoms with Crippen LogP contribution in [0.25, 0.3) is 11.4 Å². The lowest BCUT2D eigenvalue weighted by atomic mass is 10.1. The van der Waals surface area contributed by atoms with Crippen LogP contribution in [0.1, 0.15) is 30.0 Å². The first-order valence-electron chi connectivity index (χ1n) is 5.56. The summed E-state index contributed by atoms with van der Waals surface area (Å²) in [5.41, 5.74) is 3.36. The molecule has 0 N–H and O–H groups in total. The number of benzene rings is 1. The van der Waals surface area contributed by atoms with E-state index < -0.39 is 0 Å². The SMILES string of the molecule is CO[C@H](C)c1nc(-c2ccc(C)cc2C)no1. The second kappa shape index (κ2) is 4.67. The molecule has 1 aromatic heterocycles. The molecule has 4 nitrogen and oxygen atoms in total. The molecule has 90 valence electrons. The fraction of sp³-hybridized carbons (Fsp3) is 0.385. The third-order valence-corrected chi connectivity index (χ3v) is 2.77. The van der Waals surface area contributed by atoms with E-state index >= 15 is 0 Å². The molecule has 4 heteroatoms. The van der Waals surface area contributed by atoms with Crippen LogP contribution in [0.4, 0.5) is 0 Å². The lowest BCUT2D eigenvalue weighted by Crippen LogP contribution is -1.95. The van der Waals surface area contributed by atoms with Crippen LogP contribution in [0.2, 0.25) is 0 Å². The van der Waals surface area contributed by atoms with Crippen LogP contribution in [0.15, 0.2) is 22.7 Å². The zero-order valence-corrected chi connectivity index (χ0v) is 10.5. The van der Waals surface area contributed by atoms with Gasteiger partial charge in [-0.15, -0.1) is 0 Å². The lowest BCUT2D eigenvalue weighted by molar-refractivity contribution is 0.0886. The molecule has 0 spiro atoms. The van der Waals surface area contributed by atoms with Crippen molar-refractivity contribution in [2.24, 2.45) is 0 Å². The Morgan fingerprint density at radius 2 is 2.06 bits per heavy atom. The fourth-order valence-corrected chi connectivity index (χ4v) is 1.68. The Bertz CT molecular complexity index is 520. The molecule has 0 aliphatic heterocycles. The highest BCUT2D eigenvalue weighted by Crippen LogP contribution is 2.23. The molecule has 0 saturated carbocycles. The Hall–Kier alpha value is -1.68. The largest absolute Gasteiger partial charge is 0.372 e. The number of ether oxygens (including phenoxy) is 1. The third-order valence-electron chi connectivity index (χ3n) is 2.77. The Kier molecular flexibility index (Phi) is 3.24. The molecule has 1 aromatic carbocycles. The normalized spacial score (nSPS) is 12.7. The third kappa shape index (κ3) is 2.36. The summed E-state index contributed by atoms with van der Waals surface area (Å²) in [5.74, 6) is 1.11. The zero-order valence-electron chi connectivity index (χ0n) is 10.5. The molecule has 0 fully saturated rings. The highest BCUT2D eigenvalue weighted by Gasteiger charge is 2.15. The summed E-state index contributed by atoms with van der Waals surface area (Å²) >= 11 is 0. The van der Waals surface area contributed by atoms with Gasteiger partial charge >= 0.3 is 0 Å². The summed E-state index contributed by atoms with van der Waals surface area (Å²) in [7, 11) is 1.62. The number of hydrogen-bond donors (Lipinski definition) is 0. The molecule has 2 rings (SSSR count). The Morgan fingerprint density at radius 3 is 2.71 bits per heavy atom. The van der Waals surface area contributed by atoms with Gasteiger partial charge in [0.2, 0.25) is 5.82 Å². The van der Waals surface area contributed by atoms with Gasteiger partial charge in [0.15, 0.2) is 0 Å². The smallest absolute Gasteiger partial charge is 0.255 e. The van der Waals surface area contributed by atoms with E-state index in [0.717, 1.165) is 11.1 Å². The fourth-order valence-electron chi connectivity index (χ4n) is 1.68. The monoisotopic (exact) mass is 232 g/mol. The van der Waals surface area contributed by atoms with Gasteiger partial charge in [-0.1, -0.05) is 28.9 Å². The van der Waals surface area contributed by atoms with Crippen LogP contribution >= 0.6 is 0 Å². The van der Waals surface area contributed by atoms with Gasteiger partial charge in [0.1, 0.15) is 6.10 Å². The van der Waals surface area contributed by atoms with Crippen LogP contribution in [0.3, 0.4) is 0 Å². The highest BCUT2D eigenvalue weighted by atomic mass is 16.5. The number of aryl methyl sites for hydroxylation is 2. The van der Waals surface area contributed by atoms with E-state index in [2.05, 4.69) is 23.1 Å². The van der Waals surface area contributed by atoms with Crippen molar-refractivity contribution in [2.45, 2.75) is 26.9 Å². The molecular weight excluding hydrogens is 216 g/mol. The van der Waals surface area contributed by atoms with Gasteiger partial charge in [0, 0.05) is 12.7 Å². The van der Waals surface area contributed by atoms with Crippen molar-refractivity contribution in [2.75, 3.05) is 7.11 Å². The van der Waals surface area contributed by atoms with Crippen LogP contribution in [-0.2, 0) is 4.74 Å². The van der Waals surface area contributed by atoms with Crippen molar-refractivity contribution in [1.82, 2.24) is 10.1 Å². The van der Waals surface area contributed by atoms with Gasteiger partial charge in [-0.2, -0.15) is 4.98 Å². The summed E-state index contributed by atoms with van der Waals surface area (Å²) < 4.78 is 10.3. The van der Waals surface area contributed by atoms with E-state index in [1.165, 1.54) is 5.56 Å². The minimum absolute atomic E-state index is 0.179. The lowest BCUT2D eigenvalue weighted by Gasteiger charge is -2.02. The molecule has 0 bridgehead atoms. The molecule has 1 heterocycles. The van der Waals surface area contributed by atoms with Gasteiger partial charge in [-0.3, -0.25) is 0 Å². The molecule has 0 amide bonds. The van der Waals surface area contributed by atoms with Gasteiger partial charge in [-0.05, 0) is 26.3 Å². The van der Waals surface area contributed by atoms with Crippen LogP contribution < -0.4 is 0 Å². The average molecular weight is 232 g/mol. The molecule has 0 aliphatic carbocycles. The van der Waals surface area contributed by atoms with Gasteiger partial charge < -0.3 is 9.26 Å². The van der Waals surface area contributed by atoms with E-state index in [-0.39, 0.29) is 6.10 Å². The second-order valence-electron chi connectivity index (χ2n) is 4.15. The van der Waals surface area contributed by atoms with Gasteiger partial charge in [-0.25, -0.2) is 0 Å². The van der Waals surface area contributed by atoms with Crippen LogP contribution in [0, 0.1) is 13.8 Å². The highest BCUT2D eigenvalue weighted by molar-refractivity contribution is 5.59. The van der Waals surface area contributed by atoms with Crippen molar-refractivity contribution in [3.63, 3.8) is 0 Å². The number of aromatic nitrogens is 2. The maximum absolute atomic E-state index is 5.17. The van der Waals surface area contributed by atoms with Crippen molar-refractivity contribution in [3.8, 4) is 11.4 Å². The van der Waals surface area contributed by atoms with E-state index in [4.69, 9.17) is 9.26 Å². The summed E-state index contributed by atoms with van der Waals surface area (Å²) in [4.78, 5) is 4.34. The summed E-state index contributed by atoms with van der Waals surface area (Å²) in [6, 6.07) is 6.15. The minimum atomic E-state index is -0.179. The number of rotatable bonds is 3. The van der Waals surface area contributed by atoms with E-state index in [9.17, 15) is 0 Å². The number of nitrogens with zero attached hydrogens (tertiary/aromatic N) is 2. The van der Waals surface area contributed by atoms with E-state index in [1.807, 2.05) is 26.0 Å². The molecule has 0 unspecified atom stereocenters. The summed E-state index contributed by atoms with van der Waals surface area (Å²) in [6.45, 7) is 5.98. The first-order chi connectivity index (χ1) is 8.11. The summed E-state index contributed by atoms with van der Waals surface area (Å²) in [6.07, 6.45) is -0.179. The van der Waals surface area contributed by atoms with E-state index in [1.54, 1.807) is 7.11 Å². The standard InChI is InChI=1S/C13H16N2O2/c1-8-5-6-11(9(2)7-8)12-14-13(17-15-12)10(3)16-4/h5-7,10H,1-4H3/t10-/m1/s1. The van der Waals surface area contributed by atoms with Crippen molar-refractivity contribution in [3.05, 3.63) is 35.2 Å². The minimum Gasteiger partial charge on any atom is -0.372 e. The van der Waals surface area contributed by atoms with Crippen molar-refractivity contribution in [1.29, 1.82) is 0 Å². The predicted molar refractivity (Wildman–Crippen MR) is 64.6 cm³/mol. The number of methoxy groups -OCH3 is 1. The second-order valence-corrected chi connectivity index (χ2v) is 4.15. The Labute approximate surface area is 101 Å². The predicted octanol–water partition coefficient (Wildman–Crippen LogP) is 3.06. The number of hydrogen-bond acceptors (Lipinski definition) is 4. The zero-order chi connectivity index (χ0) is 12.4. The molecule has 0 aliphatic rings. The molecular formula is C13H16N2O2. The molecule has 17 heavy (non-hydrogen) atoms. The first-order valence-corrected chi connectivity index (χ1v) is 5.56. The molecule has 0 radical (unpaired) electrons. The molecule has 2 aromatic rings. The topological polar surface area (TPSA) is 48.2 Å². The average Bonchev–Trinajstić information content (AvgIpc) is 2.77. The molecule has 1 atom stereocenters. The Morgan fingerprint density at radius 1 is 1.29 bits per heavy atom. The van der Waals surface area contributed by atoms with Gasteiger partial charge in [0.05, 0.1) is 0 Å². The maximum Gasteiger partial charge on any atom is 0.255 e. The van der Waals surface area contributed by atoms with Gasteiger partial charge in [0.25, 0.3) is 5.89 Å². The summed E-state index contributed by atoms with van der Waals surface area (Å²) in [5, 5.41) is 3.98. The van der Waals surface area contributed by atoms with Crippen LogP contribution in [0.5, 0.6) is 0 Å². The van der Waals surface area contributed by atoms with Crippen molar-refractivity contribution >= 4 is 0 Å². The van der Waals surface area contributed by atoms with Crippen molar-refractivity contribution < 1.29 is 9.26 Å². The van der Waals surface area contributed by atoms with Crippen LogP contribution in [-0.4, -0.2) is 17.3 Å².